The molecule has 0 radical (unpaired) electrons. The van der Waals surface area contributed by atoms with Gasteiger partial charge < -0.3 is 15.0 Å². The Morgan fingerprint density at radius 1 is 0.884 bits per heavy atom. The maximum absolute atomic E-state index is 14.1. The number of rotatable bonds is 9. The van der Waals surface area contributed by atoms with Gasteiger partial charge in [-0.3, -0.25) is 9.59 Å². The molecule has 1 aliphatic heterocycles. The average molecular weight is 583 g/mol. The normalized spacial score (nSPS) is 14.7. The molecule has 1 amide bonds. The first kappa shape index (κ1) is 30.0. The minimum atomic E-state index is -2.88. The van der Waals surface area contributed by atoms with Crippen molar-refractivity contribution < 1.29 is 23.1 Å². The van der Waals surface area contributed by atoms with E-state index in [-0.39, 0.29) is 35.7 Å². The van der Waals surface area contributed by atoms with Gasteiger partial charge in [-0.1, -0.05) is 79.7 Å². The highest BCUT2D eigenvalue weighted by molar-refractivity contribution is 6.08. The van der Waals surface area contributed by atoms with Crippen molar-refractivity contribution in [1.82, 2.24) is 0 Å². The van der Waals surface area contributed by atoms with Gasteiger partial charge in [-0.15, -0.1) is 0 Å². The lowest BCUT2D eigenvalue weighted by atomic mass is 9.80. The van der Waals surface area contributed by atoms with Crippen molar-refractivity contribution in [1.29, 1.82) is 0 Å². The first-order valence-electron chi connectivity index (χ1n) is 14.7. The monoisotopic (exact) mass is 582 g/mol. The zero-order valence-electron chi connectivity index (χ0n) is 24.4. The molecule has 5 rings (SSSR count). The Hall–Kier alpha value is -4.52. The molecule has 1 fully saturated rings. The summed E-state index contributed by atoms with van der Waals surface area (Å²) < 4.78 is 33.3. The third-order valence-corrected chi connectivity index (χ3v) is 8.35. The number of carbonyl (C=O) groups excluding carboxylic acids is 2. The number of carbonyl (C=O) groups is 2. The number of esters is 1. The van der Waals surface area contributed by atoms with Crippen molar-refractivity contribution in [2.24, 2.45) is 5.92 Å². The highest BCUT2D eigenvalue weighted by Crippen LogP contribution is 2.36. The molecule has 4 aromatic rings. The van der Waals surface area contributed by atoms with E-state index in [0.717, 1.165) is 37.2 Å². The number of ether oxygens (including phenoxy) is 1. The molecule has 0 aromatic heterocycles. The van der Waals surface area contributed by atoms with Gasteiger partial charge in [-0.2, -0.15) is 0 Å². The summed E-state index contributed by atoms with van der Waals surface area (Å²) in [5.41, 5.74) is 4.49. The highest BCUT2D eigenvalue weighted by atomic mass is 19.3. The fourth-order valence-corrected chi connectivity index (χ4v) is 5.86. The average Bonchev–Trinajstić information content (AvgIpc) is 3.06. The lowest BCUT2D eigenvalue weighted by Crippen LogP contribution is -2.37. The number of hydrogen-bond donors (Lipinski definition) is 1. The van der Waals surface area contributed by atoms with E-state index in [1.807, 2.05) is 66.7 Å². The van der Waals surface area contributed by atoms with Crippen LogP contribution >= 0.6 is 0 Å². The number of alkyl halides is 2. The molecule has 43 heavy (non-hydrogen) atoms. The lowest BCUT2D eigenvalue weighted by molar-refractivity contribution is -0.144. The predicted molar refractivity (Wildman–Crippen MR) is 167 cm³/mol. The van der Waals surface area contributed by atoms with E-state index in [2.05, 4.69) is 10.2 Å². The minimum absolute atomic E-state index is 0.0375. The van der Waals surface area contributed by atoms with Gasteiger partial charge in [0.15, 0.2) is 0 Å². The van der Waals surface area contributed by atoms with E-state index < -0.39 is 5.92 Å². The van der Waals surface area contributed by atoms with E-state index in [9.17, 15) is 18.4 Å². The van der Waals surface area contributed by atoms with E-state index in [1.54, 1.807) is 24.3 Å². The zero-order chi connectivity index (χ0) is 30.4. The van der Waals surface area contributed by atoms with Crippen molar-refractivity contribution in [2.75, 3.05) is 30.4 Å². The summed E-state index contributed by atoms with van der Waals surface area (Å²) >= 11 is 0. The Morgan fingerprint density at radius 3 is 2.14 bits per heavy atom. The van der Waals surface area contributed by atoms with Crippen LogP contribution in [0.3, 0.4) is 0 Å². The van der Waals surface area contributed by atoms with Gasteiger partial charge in [0.2, 0.25) is 0 Å². The SMILES string of the molecule is CCC(F)(F)c1ccc(-c2ccccc2C(=O)Nc2ccc(N3CCC(C(C(=O)OC)c4ccccc4)CC3)cc2)cc1. The summed E-state index contributed by atoms with van der Waals surface area (Å²) in [5, 5.41) is 2.97. The third kappa shape index (κ3) is 6.77. The Balaban J connectivity index is 1.23. The lowest BCUT2D eigenvalue weighted by Gasteiger charge is -2.36. The maximum atomic E-state index is 14.1. The molecule has 0 saturated carbocycles. The van der Waals surface area contributed by atoms with Crippen LogP contribution in [-0.2, 0) is 15.5 Å². The molecule has 0 spiro atoms. The number of piperidine rings is 1. The molecule has 7 heteroatoms. The summed E-state index contributed by atoms with van der Waals surface area (Å²) in [6.45, 7) is 3.08. The predicted octanol–water partition coefficient (Wildman–Crippen LogP) is 8.28. The molecule has 0 bridgehead atoms. The van der Waals surface area contributed by atoms with Crippen LogP contribution < -0.4 is 10.2 Å². The number of anilines is 2. The Bertz CT molecular complexity index is 1530. The second-order valence-electron chi connectivity index (χ2n) is 10.9. The molecule has 1 atom stereocenters. The van der Waals surface area contributed by atoms with E-state index in [0.29, 0.717) is 22.4 Å². The van der Waals surface area contributed by atoms with Crippen LogP contribution in [0.2, 0.25) is 0 Å². The zero-order valence-corrected chi connectivity index (χ0v) is 24.4. The van der Waals surface area contributed by atoms with Gasteiger partial charge >= 0.3 is 5.97 Å². The molecule has 5 nitrogen and oxygen atoms in total. The number of benzene rings is 4. The molecule has 1 N–H and O–H groups in total. The van der Waals surface area contributed by atoms with Crippen molar-refractivity contribution in [3.05, 3.63) is 120 Å². The summed E-state index contributed by atoms with van der Waals surface area (Å²) in [7, 11) is 1.45. The van der Waals surface area contributed by atoms with Gasteiger partial charge in [0, 0.05) is 42.0 Å². The second kappa shape index (κ2) is 13.2. The second-order valence-corrected chi connectivity index (χ2v) is 10.9. The minimum Gasteiger partial charge on any atom is -0.469 e. The first-order valence-corrected chi connectivity index (χ1v) is 14.7. The van der Waals surface area contributed by atoms with E-state index >= 15 is 0 Å². The van der Waals surface area contributed by atoms with Crippen LogP contribution in [0.25, 0.3) is 11.1 Å². The van der Waals surface area contributed by atoms with Gasteiger partial charge in [0.05, 0.1) is 13.0 Å². The van der Waals surface area contributed by atoms with Crippen molar-refractivity contribution in [3.8, 4) is 11.1 Å². The van der Waals surface area contributed by atoms with Crippen molar-refractivity contribution >= 4 is 23.3 Å². The maximum Gasteiger partial charge on any atom is 0.313 e. The number of halogens is 2. The number of nitrogens with one attached hydrogen (secondary N) is 1. The fraction of sp³-hybridized carbons (Fsp3) is 0.278. The molecule has 1 saturated heterocycles. The van der Waals surface area contributed by atoms with Crippen LogP contribution in [0.4, 0.5) is 20.2 Å². The van der Waals surface area contributed by atoms with E-state index in [1.165, 1.54) is 26.2 Å². The summed E-state index contributed by atoms with van der Waals surface area (Å²) in [6.07, 6.45) is 1.45. The first-order chi connectivity index (χ1) is 20.8. The highest BCUT2D eigenvalue weighted by Gasteiger charge is 2.33. The Kier molecular flexibility index (Phi) is 9.19. The van der Waals surface area contributed by atoms with Crippen LogP contribution in [0.5, 0.6) is 0 Å². The molecular formula is C36H36F2N2O3. The molecule has 1 unspecified atom stereocenters. The van der Waals surface area contributed by atoms with Crippen LogP contribution in [0.1, 0.15) is 53.6 Å². The smallest absolute Gasteiger partial charge is 0.313 e. The third-order valence-electron chi connectivity index (χ3n) is 8.35. The summed E-state index contributed by atoms with van der Waals surface area (Å²) in [5.74, 6) is -3.43. The summed E-state index contributed by atoms with van der Waals surface area (Å²) in [4.78, 5) is 28.2. The molecule has 0 aliphatic carbocycles. The molecule has 222 valence electrons. The largest absolute Gasteiger partial charge is 0.469 e. The van der Waals surface area contributed by atoms with Crippen LogP contribution in [0.15, 0.2) is 103 Å². The standard InChI is InChI=1S/C36H36F2N2O3/c1-3-36(37,38)28-15-13-25(14-16-28)31-11-7-8-12-32(31)34(41)39-29-17-19-30(20-18-29)40-23-21-27(22-24-40)33(35(42)43-2)26-9-5-4-6-10-26/h4-20,27,33H,3,21-24H2,1-2H3,(H,39,41). The number of methoxy groups -OCH3 is 1. The number of hydrogen-bond acceptors (Lipinski definition) is 4. The van der Waals surface area contributed by atoms with Crippen LogP contribution in [0, 0.1) is 5.92 Å². The molecule has 4 aromatic carbocycles. The van der Waals surface area contributed by atoms with Crippen molar-refractivity contribution in [3.63, 3.8) is 0 Å². The van der Waals surface area contributed by atoms with Gasteiger partial charge in [0.25, 0.3) is 11.8 Å². The van der Waals surface area contributed by atoms with Crippen LogP contribution in [-0.4, -0.2) is 32.1 Å². The number of nitrogens with zero attached hydrogens (tertiary/aromatic N) is 1. The molecule has 1 heterocycles. The quantitative estimate of drug-likeness (QED) is 0.202. The molecule has 1 aliphatic rings. The van der Waals surface area contributed by atoms with E-state index in [4.69, 9.17) is 4.74 Å². The fourth-order valence-electron chi connectivity index (χ4n) is 5.86. The Morgan fingerprint density at radius 2 is 1.51 bits per heavy atom. The van der Waals surface area contributed by atoms with Gasteiger partial charge in [-0.05, 0) is 65.8 Å². The van der Waals surface area contributed by atoms with Gasteiger partial charge in [-0.25, -0.2) is 8.78 Å². The Labute approximate surface area is 251 Å². The topological polar surface area (TPSA) is 58.6 Å². The van der Waals surface area contributed by atoms with Gasteiger partial charge in [0.1, 0.15) is 0 Å². The molecular weight excluding hydrogens is 546 g/mol. The van der Waals surface area contributed by atoms with Crippen molar-refractivity contribution in [2.45, 2.75) is 38.0 Å². The number of amides is 1. The summed E-state index contributed by atoms with van der Waals surface area (Å²) in [6, 6.07) is 30.8.